The third-order valence-corrected chi connectivity index (χ3v) is 5.96. The van der Waals surface area contributed by atoms with Crippen LogP contribution in [0.25, 0.3) is 33.4 Å². The molecular weight excluding hydrogens is 408 g/mol. The lowest BCUT2D eigenvalue weighted by atomic mass is 9.92. The van der Waals surface area contributed by atoms with Crippen molar-refractivity contribution in [3.8, 4) is 39.1 Å². The number of hydrogen-bond acceptors (Lipinski definition) is 3. The molecular formula is C30H30O3. The van der Waals surface area contributed by atoms with E-state index in [2.05, 4.69) is 66.7 Å². The largest absolute Gasteiger partial charge is 0.508 e. The molecule has 0 atom stereocenters. The lowest BCUT2D eigenvalue weighted by Gasteiger charge is -2.12. The van der Waals surface area contributed by atoms with Crippen LogP contribution in [0.15, 0.2) is 91.0 Å². The Balaban J connectivity index is 1.73. The predicted octanol–water partition coefficient (Wildman–Crippen LogP) is 6.24. The Bertz CT molecular complexity index is 1090. The molecule has 0 amide bonds. The van der Waals surface area contributed by atoms with Gasteiger partial charge in [0.05, 0.1) is 0 Å². The van der Waals surface area contributed by atoms with Gasteiger partial charge in [-0.3, -0.25) is 0 Å². The first kappa shape index (κ1) is 22.8. The van der Waals surface area contributed by atoms with Gasteiger partial charge in [0.25, 0.3) is 0 Å². The molecule has 0 saturated heterocycles. The second-order valence-corrected chi connectivity index (χ2v) is 8.39. The van der Waals surface area contributed by atoms with Crippen molar-refractivity contribution < 1.29 is 15.3 Å². The van der Waals surface area contributed by atoms with Gasteiger partial charge in [0.15, 0.2) is 0 Å². The lowest BCUT2D eigenvalue weighted by molar-refractivity contribution is 0.288. The van der Waals surface area contributed by atoms with E-state index in [1.165, 1.54) is 11.1 Å². The van der Waals surface area contributed by atoms with Crippen LogP contribution in [0.4, 0.5) is 0 Å². The zero-order valence-electron chi connectivity index (χ0n) is 18.7. The Kier molecular flexibility index (Phi) is 7.56. The number of phenols is 1. The predicted molar refractivity (Wildman–Crippen MR) is 135 cm³/mol. The number of phenolic OH excluding ortho intramolecular Hbond substituents is 1. The molecule has 4 rings (SSSR count). The molecule has 0 spiro atoms. The zero-order valence-corrected chi connectivity index (χ0v) is 18.7. The number of aliphatic hydroxyl groups is 2. The molecule has 0 aliphatic rings. The molecule has 3 N–H and O–H groups in total. The average Bonchev–Trinajstić information content (AvgIpc) is 2.87. The minimum absolute atomic E-state index is 0.207. The van der Waals surface area contributed by atoms with Gasteiger partial charge < -0.3 is 15.3 Å². The van der Waals surface area contributed by atoms with Gasteiger partial charge in [0.2, 0.25) is 0 Å². The van der Waals surface area contributed by atoms with E-state index in [1.54, 1.807) is 12.1 Å². The maximum absolute atomic E-state index is 9.71. The fourth-order valence-electron chi connectivity index (χ4n) is 4.08. The van der Waals surface area contributed by atoms with E-state index in [9.17, 15) is 5.11 Å². The highest BCUT2D eigenvalue weighted by atomic mass is 16.3. The second-order valence-electron chi connectivity index (χ2n) is 8.39. The number of aromatic hydroxyl groups is 1. The van der Waals surface area contributed by atoms with Gasteiger partial charge in [0.1, 0.15) is 5.75 Å². The summed E-state index contributed by atoms with van der Waals surface area (Å²) < 4.78 is 0. The van der Waals surface area contributed by atoms with Gasteiger partial charge in [-0.2, -0.15) is 0 Å². The highest BCUT2D eigenvalue weighted by Crippen LogP contribution is 2.34. The van der Waals surface area contributed by atoms with E-state index >= 15 is 0 Å². The topological polar surface area (TPSA) is 60.7 Å². The van der Waals surface area contributed by atoms with Crippen molar-refractivity contribution in [1.29, 1.82) is 0 Å². The molecule has 0 fully saturated rings. The standard InChI is InChI=1S/C30H30O3/c31-17-1-3-22-5-9-24(10-6-22)27-19-28(25-11-7-23(8-12-25)4-2-18-32)21-29(20-27)26-13-15-30(33)16-14-26/h5-16,19-21,31-33H,1-4,17-18H2. The Morgan fingerprint density at radius 2 is 0.758 bits per heavy atom. The zero-order chi connectivity index (χ0) is 23.0. The smallest absolute Gasteiger partial charge is 0.115 e. The average molecular weight is 439 g/mol. The van der Waals surface area contributed by atoms with Crippen LogP contribution in [0.2, 0.25) is 0 Å². The number of aryl methyl sites for hydroxylation is 2. The van der Waals surface area contributed by atoms with Gasteiger partial charge in [-0.1, -0.05) is 60.7 Å². The van der Waals surface area contributed by atoms with E-state index < -0.39 is 0 Å². The number of hydrogen-bond donors (Lipinski definition) is 3. The van der Waals surface area contributed by atoms with Crippen LogP contribution >= 0.6 is 0 Å². The van der Waals surface area contributed by atoms with Crippen molar-refractivity contribution in [3.63, 3.8) is 0 Å². The molecule has 0 saturated carbocycles. The number of benzene rings is 4. The van der Waals surface area contributed by atoms with E-state index in [0.29, 0.717) is 0 Å². The van der Waals surface area contributed by atoms with Crippen LogP contribution < -0.4 is 0 Å². The monoisotopic (exact) mass is 438 g/mol. The van der Waals surface area contributed by atoms with Crippen LogP contribution in [0.3, 0.4) is 0 Å². The molecule has 3 heteroatoms. The van der Waals surface area contributed by atoms with E-state index in [4.69, 9.17) is 10.2 Å². The van der Waals surface area contributed by atoms with Gasteiger partial charge in [-0.25, -0.2) is 0 Å². The van der Waals surface area contributed by atoms with Crippen LogP contribution in [0.5, 0.6) is 5.75 Å². The van der Waals surface area contributed by atoms with Crippen molar-refractivity contribution in [2.24, 2.45) is 0 Å². The maximum Gasteiger partial charge on any atom is 0.115 e. The molecule has 0 unspecified atom stereocenters. The first-order valence-corrected chi connectivity index (χ1v) is 11.5. The highest BCUT2D eigenvalue weighted by molar-refractivity contribution is 5.81. The van der Waals surface area contributed by atoms with E-state index in [0.717, 1.165) is 59.1 Å². The molecule has 3 nitrogen and oxygen atoms in total. The Labute approximate surface area is 195 Å². The van der Waals surface area contributed by atoms with Gasteiger partial charge in [-0.15, -0.1) is 0 Å². The Hall–Kier alpha value is -3.40. The summed E-state index contributed by atoms with van der Waals surface area (Å²) in [5.41, 5.74) is 9.14. The molecule has 4 aromatic carbocycles. The summed E-state index contributed by atoms with van der Waals surface area (Å²) in [6.07, 6.45) is 3.29. The van der Waals surface area contributed by atoms with E-state index in [1.807, 2.05) is 12.1 Å². The van der Waals surface area contributed by atoms with Crippen molar-refractivity contribution in [1.82, 2.24) is 0 Å². The van der Waals surface area contributed by atoms with Crippen LogP contribution in [0, 0.1) is 0 Å². The first-order chi connectivity index (χ1) is 16.2. The van der Waals surface area contributed by atoms with Crippen molar-refractivity contribution in [3.05, 3.63) is 102 Å². The summed E-state index contributed by atoms with van der Waals surface area (Å²) in [7, 11) is 0. The van der Waals surface area contributed by atoms with Gasteiger partial charge in [0, 0.05) is 13.2 Å². The van der Waals surface area contributed by atoms with E-state index in [-0.39, 0.29) is 19.0 Å². The lowest BCUT2D eigenvalue weighted by Crippen LogP contribution is -1.91. The third kappa shape index (κ3) is 5.89. The molecule has 4 aromatic rings. The van der Waals surface area contributed by atoms with Crippen LogP contribution in [-0.2, 0) is 12.8 Å². The molecule has 168 valence electrons. The molecule has 33 heavy (non-hydrogen) atoms. The first-order valence-electron chi connectivity index (χ1n) is 11.5. The normalized spacial score (nSPS) is 11.0. The fraction of sp³-hybridized carbons (Fsp3) is 0.200. The summed E-state index contributed by atoms with van der Waals surface area (Å²) in [6.45, 7) is 0.414. The molecule has 0 aliphatic carbocycles. The summed E-state index contributed by atoms with van der Waals surface area (Å²) in [6, 6.07) is 31.0. The van der Waals surface area contributed by atoms with Crippen molar-refractivity contribution >= 4 is 0 Å². The minimum Gasteiger partial charge on any atom is -0.508 e. The minimum atomic E-state index is 0.207. The molecule has 0 aliphatic heterocycles. The molecule has 0 aromatic heterocycles. The summed E-state index contributed by atoms with van der Waals surface area (Å²) >= 11 is 0. The molecule has 0 radical (unpaired) electrons. The fourth-order valence-corrected chi connectivity index (χ4v) is 4.08. The van der Waals surface area contributed by atoms with Gasteiger partial charge in [-0.05, 0) is 101 Å². The summed E-state index contributed by atoms with van der Waals surface area (Å²) in [5, 5.41) is 27.9. The third-order valence-electron chi connectivity index (χ3n) is 5.96. The summed E-state index contributed by atoms with van der Waals surface area (Å²) in [5.74, 6) is 0.257. The molecule has 0 bridgehead atoms. The second kappa shape index (κ2) is 11.0. The SMILES string of the molecule is OCCCc1ccc(-c2cc(-c3ccc(O)cc3)cc(-c3ccc(CCCO)cc3)c2)cc1. The quantitative estimate of drug-likeness (QED) is 0.290. The highest BCUT2D eigenvalue weighted by Gasteiger charge is 2.08. The van der Waals surface area contributed by atoms with Gasteiger partial charge >= 0.3 is 0 Å². The Morgan fingerprint density at radius 1 is 0.424 bits per heavy atom. The van der Waals surface area contributed by atoms with Crippen LogP contribution in [-0.4, -0.2) is 28.5 Å². The number of aliphatic hydroxyl groups excluding tert-OH is 2. The Morgan fingerprint density at radius 3 is 1.09 bits per heavy atom. The molecule has 0 heterocycles. The van der Waals surface area contributed by atoms with Crippen molar-refractivity contribution in [2.45, 2.75) is 25.7 Å². The number of rotatable bonds is 9. The van der Waals surface area contributed by atoms with Crippen LogP contribution in [0.1, 0.15) is 24.0 Å². The maximum atomic E-state index is 9.71. The summed E-state index contributed by atoms with van der Waals surface area (Å²) in [4.78, 5) is 0. The van der Waals surface area contributed by atoms with Crippen molar-refractivity contribution in [2.75, 3.05) is 13.2 Å².